The van der Waals surface area contributed by atoms with Gasteiger partial charge in [0.05, 0.1) is 6.61 Å². The molecule has 4 heteroatoms. The van der Waals surface area contributed by atoms with Gasteiger partial charge in [0, 0.05) is 13.1 Å². The summed E-state index contributed by atoms with van der Waals surface area (Å²) in [5.41, 5.74) is 1.31. The van der Waals surface area contributed by atoms with Gasteiger partial charge in [0.25, 0.3) is 0 Å². The number of likely N-dealkylation sites (N-methyl/N-ethyl adjacent to an activating group) is 2. The van der Waals surface area contributed by atoms with Gasteiger partial charge in [-0.05, 0) is 33.0 Å². The molecule has 0 heterocycles. The Balaban J connectivity index is 2.36. The van der Waals surface area contributed by atoms with Crippen molar-refractivity contribution in [2.75, 3.05) is 33.8 Å². The second-order valence-corrected chi connectivity index (χ2v) is 4.59. The highest BCUT2D eigenvalue weighted by Gasteiger charge is 2.19. The first kappa shape index (κ1) is 15.7. The van der Waals surface area contributed by atoms with Crippen LogP contribution in [0.3, 0.4) is 0 Å². The smallest absolute Gasteiger partial charge is 0.324 e. The highest BCUT2D eigenvalue weighted by molar-refractivity contribution is 5.76. The number of esters is 1. The van der Waals surface area contributed by atoms with E-state index in [4.69, 9.17) is 4.74 Å². The molecule has 0 amide bonds. The Morgan fingerprint density at radius 3 is 2.63 bits per heavy atom. The van der Waals surface area contributed by atoms with Crippen molar-refractivity contribution in [3.05, 3.63) is 35.9 Å². The standard InChI is InChI=1S/C15H24N2O2/c1-4-19-15(18)14(16-2)12-17(3)11-10-13-8-6-5-7-9-13/h5-9,14,16H,4,10-12H2,1-3H3. The topological polar surface area (TPSA) is 41.6 Å². The first-order valence-corrected chi connectivity index (χ1v) is 6.73. The third kappa shape index (κ3) is 5.85. The third-order valence-electron chi connectivity index (χ3n) is 3.04. The van der Waals surface area contributed by atoms with Crippen LogP contribution in [0.4, 0.5) is 0 Å². The molecule has 0 aliphatic heterocycles. The highest BCUT2D eigenvalue weighted by Crippen LogP contribution is 2.01. The molecule has 0 aliphatic carbocycles. The van der Waals surface area contributed by atoms with Crippen molar-refractivity contribution in [3.63, 3.8) is 0 Å². The molecule has 0 saturated carbocycles. The zero-order valence-electron chi connectivity index (χ0n) is 12.1. The van der Waals surface area contributed by atoms with Crippen LogP contribution < -0.4 is 5.32 Å². The highest BCUT2D eigenvalue weighted by atomic mass is 16.5. The summed E-state index contributed by atoms with van der Waals surface area (Å²) in [7, 11) is 3.80. The van der Waals surface area contributed by atoms with Crippen molar-refractivity contribution in [2.45, 2.75) is 19.4 Å². The van der Waals surface area contributed by atoms with E-state index in [0.29, 0.717) is 13.2 Å². The Morgan fingerprint density at radius 1 is 1.37 bits per heavy atom. The molecule has 1 aromatic rings. The summed E-state index contributed by atoms with van der Waals surface area (Å²) in [6.45, 7) is 3.82. The van der Waals surface area contributed by atoms with Crippen LogP contribution in [0.1, 0.15) is 12.5 Å². The Bertz CT molecular complexity index is 368. The van der Waals surface area contributed by atoms with Gasteiger partial charge in [-0.15, -0.1) is 0 Å². The molecule has 0 spiro atoms. The molecule has 1 unspecified atom stereocenters. The fourth-order valence-electron chi connectivity index (χ4n) is 1.89. The molecule has 0 saturated heterocycles. The Kier molecular flexibility index (Phi) is 7.15. The van der Waals surface area contributed by atoms with E-state index in [1.807, 2.05) is 32.2 Å². The van der Waals surface area contributed by atoms with Gasteiger partial charge in [-0.1, -0.05) is 30.3 Å². The SMILES string of the molecule is CCOC(=O)C(CN(C)CCc1ccccc1)NC. The second kappa shape index (κ2) is 8.67. The van der Waals surface area contributed by atoms with E-state index in [9.17, 15) is 4.79 Å². The van der Waals surface area contributed by atoms with Crippen LogP contribution >= 0.6 is 0 Å². The van der Waals surface area contributed by atoms with Crippen LogP contribution in [-0.2, 0) is 16.0 Å². The van der Waals surface area contributed by atoms with Crippen LogP contribution in [0, 0.1) is 0 Å². The zero-order chi connectivity index (χ0) is 14.1. The van der Waals surface area contributed by atoms with Gasteiger partial charge >= 0.3 is 5.97 Å². The summed E-state index contributed by atoms with van der Waals surface area (Å²) < 4.78 is 5.03. The molecule has 0 bridgehead atoms. The van der Waals surface area contributed by atoms with Crippen molar-refractivity contribution in [1.29, 1.82) is 0 Å². The number of ether oxygens (including phenoxy) is 1. The van der Waals surface area contributed by atoms with Gasteiger partial charge in [-0.25, -0.2) is 0 Å². The molecule has 0 aromatic heterocycles. The largest absolute Gasteiger partial charge is 0.465 e. The normalized spacial score (nSPS) is 12.4. The van der Waals surface area contributed by atoms with Crippen LogP contribution in [-0.4, -0.2) is 50.7 Å². The van der Waals surface area contributed by atoms with Gasteiger partial charge in [0.1, 0.15) is 6.04 Å². The number of carbonyl (C=O) groups excluding carboxylic acids is 1. The van der Waals surface area contributed by atoms with E-state index < -0.39 is 0 Å². The number of carbonyl (C=O) groups is 1. The Morgan fingerprint density at radius 2 is 2.05 bits per heavy atom. The van der Waals surface area contributed by atoms with E-state index in [-0.39, 0.29) is 12.0 Å². The van der Waals surface area contributed by atoms with Crippen LogP contribution in [0.2, 0.25) is 0 Å². The average Bonchev–Trinajstić information content (AvgIpc) is 2.44. The maximum Gasteiger partial charge on any atom is 0.324 e. The first-order chi connectivity index (χ1) is 9.17. The van der Waals surface area contributed by atoms with Crippen LogP contribution in [0.25, 0.3) is 0 Å². The van der Waals surface area contributed by atoms with E-state index in [0.717, 1.165) is 13.0 Å². The lowest BCUT2D eigenvalue weighted by molar-refractivity contribution is -0.145. The molecule has 1 N–H and O–H groups in total. The maximum absolute atomic E-state index is 11.7. The molecule has 106 valence electrons. The molecular formula is C15H24N2O2. The second-order valence-electron chi connectivity index (χ2n) is 4.59. The molecule has 19 heavy (non-hydrogen) atoms. The molecule has 4 nitrogen and oxygen atoms in total. The summed E-state index contributed by atoms with van der Waals surface area (Å²) in [6.07, 6.45) is 0.983. The summed E-state index contributed by atoms with van der Waals surface area (Å²) in [5.74, 6) is -0.184. The van der Waals surface area contributed by atoms with E-state index in [2.05, 4.69) is 22.3 Å². The minimum Gasteiger partial charge on any atom is -0.465 e. The fourth-order valence-corrected chi connectivity index (χ4v) is 1.89. The number of rotatable bonds is 8. The summed E-state index contributed by atoms with van der Waals surface area (Å²) in [4.78, 5) is 13.8. The lowest BCUT2D eigenvalue weighted by Crippen LogP contribution is -2.44. The molecule has 1 atom stereocenters. The van der Waals surface area contributed by atoms with E-state index in [1.165, 1.54) is 5.56 Å². The van der Waals surface area contributed by atoms with Gasteiger partial charge in [0.2, 0.25) is 0 Å². The first-order valence-electron chi connectivity index (χ1n) is 6.73. The lowest BCUT2D eigenvalue weighted by atomic mass is 10.1. The van der Waals surface area contributed by atoms with Crippen molar-refractivity contribution in [2.24, 2.45) is 0 Å². The number of hydrogen-bond donors (Lipinski definition) is 1. The molecule has 0 aliphatic rings. The van der Waals surface area contributed by atoms with Gasteiger partial charge in [0.15, 0.2) is 0 Å². The predicted molar refractivity (Wildman–Crippen MR) is 77.1 cm³/mol. The van der Waals surface area contributed by atoms with Crippen LogP contribution in [0.15, 0.2) is 30.3 Å². The van der Waals surface area contributed by atoms with Gasteiger partial charge in [-0.3, -0.25) is 4.79 Å². The monoisotopic (exact) mass is 264 g/mol. The summed E-state index contributed by atoms with van der Waals surface area (Å²) in [6, 6.07) is 10.1. The van der Waals surface area contributed by atoms with E-state index in [1.54, 1.807) is 7.05 Å². The Labute approximate surface area is 115 Å². The minimum absolute atomic E-state index is 0.184. The summed E-state index contributed by atoms with van der Waals surface area (Å²) >= 11 is 0. The van der Waals surface area contributed by atoms with E-state index >= 15 is 0 Å². The quantitative estimate of drug-likeness (QED) is 0.719. The lowest BCUT2D eigenvalue weighted by Gasteiger charge is -2.22. The molecular weight excluding hydrogens is 240 g/mol. The number of hydrogen-bond acceptors (Lipinski definition) is 4. The van der Waals surface area contributed by atoms with Crippen molar-refractivity contribution >= 4 is 5.97 Å². The predicted octanol–water partition coefficient (Wildman–Crippen LogP) is 1.31. The number of benzene rings is 1. The van der Waals surface area contributed by atoms with Crippen molar-refractivity contribution in [3.8, 4) is 0 Å². The van der Waals surface area contributed by atoms with Crippen molar-refractivity contribution in [1.82, 2.24) is 10.2 Å². The Hall–Kier alpha value is -1.39. The molecule has 1 rings (SSSR count). The molecule has 0 fully saturated rings. The van der Waals surface area contributed by atoms with Crippen LogP contribution in [0.5, 0.6) is 0 Å². The van der Waals surface area contributed by atoms with Gasteiger partial charge in [-0.2, -0.15) is 0 Å². The van der Waals surface area contributed by atoms with Gasteiger partial charge < -0.3 is 15.0 Å². The summed E-state index contributed by atoms with van der Waals surface area (Å²) in [5, 5.41) is 3.00. The molecule has 0 radical (unpaired) electrons. The maximum atomic E-state index is 11.7. The number of nitrogens with zero attached hydrogens (tertiary/aromatic N) is 1. The van der Waals surface area contributed by atoms with Crippen molar-refractivity contribution < 1.29 is 9.53 Å². The zero-order valence-corrected chi connectivity index (χ0v) is 12.1. The third-order valence-corrected chi connectivity index (χ3v) is 3.04. The minimum atomic E-state index is -0.263. The fraction of sp³-hybridized carbons (Fsp3) is 0.533. The number of nitrogens with one attached hydrogen (secondary N) is 1. The molecule has 1 aromatic carbocycles. The average molecular weight is 264 g/mol.